The summed E-state index contributed by atoms with van der Waals surface area (Å²) in [6, 6.07) is 8.14. The monoisotopic (exact) mass is 225 g/mol. The number of halogens is 1. The lowest BCUT2D eigenvalue weighted by atomic mass is 9.96. The van der Waals surface area contributed by atoms with Crippen molar-refractivity contribution in [3.8, 4) is 0 Å². The van der Waals surface area contributed by atoms with Crippen LogP contribution in [0.1, 0.15) is 38.2 Å². The first-order valence-electron chi connectivity index (χ1n) is 5.74. The highest BCUT2D eigenvalue weighted by Gasteiger charge is 2.11. The molecule has 84 valence electrons. The molecule has 0 radical (unpaired) electrons. The first kappa shape index (κ1) is 12.5. The Bertz CT molecular complexity index is 286. The van der Waals surface area contributed by atoms with Gasteiger partial charge in [0.15, 0.2) is 0 Å². The van der Waals surface area contributed by atoms with Crippen molar-refractivity contribution < 1.29 is 0 Å². The van der Waals surface area contributed by atoms with Gasteiger partial charge in [-0.05, 0) is 36.9 Å². The maximum Gasteiger partial charge on any atom is 0.0441 e. The number of benzene rings is 1. The molecule has 1 rings (SSSR count). The number of hydrogen-bond acceptors (Lipinski definition) is 1. The molecule has 0 bridgehead atoms. The minimum absolute atomic E-state index is 0.533. The second-order valence-corrected chi connectivity index (χ2v) is 4.24. The van der Waals surface area contributed by atoms with E-state index in [1.165, 1.54) is 12.0 Å². The molecule has 0 fully saturated rings. The van der Waals surface area contributed by atoms with Crippen molar-refractivity contribution in [2.24, 2.45) is 0 Å². The molecular formula is C13H20ClN. The third-order valence-corrected chi connectivity index (χ3v) is 3.00. The van der Waals surface area contributed by atoms with Crippen LogP contribution in [-0.2, 0) is 0 Å². The average molecular weight is 226 g/mol. The molecule has 1 unspecified atom stereocenters. The normalized spacial score (nSPS) is 12.7. The standard InChI is InChI=1S/C13H20ClN/c1-3-9-15-10-11(4-2)12-7-5-6-8-13(12)14/h5-8,11,15H,3-4,9-10H2,1-2H3. The van der Waals surface area contributed by atoms with Crippen LogP contribution >= 0.6 is 11.6 Å². The minimum Gasteiger partial charge on any atom is -0.316 e. The van der Waals surface area contributed by atoms with E-state index in [0.29, 0.717) is 5.92 Å². The molecular weight excluding hydrogens is 206 g/mol. The van der Waals surface area contributed by atoms with Gasteiger partial charge in [-0.1, -0.05) is 43.6 Å². The summed E-state index contributed by atoms with van der Waals surface area (Å²) in [4.78, 5) is 0. The molecule has 0 aliphatic rings. The zero-order valence-electron chi connectivity index (χ0n) is 9.59. The van der Waals surface area contributed by atoms with Crippen LogP contribution in [0.25, 0.3) is 0 Å². The summed E-state index contributed by atoms with van der Waals surface area (Å²) in [6.45, 7) is 6.50. The summed E-state index contributed by atoms with van der Waals surface area (Å²) < 4.78 is 0. The van der Waals surface area contributed by atoms with Gasteiger partial charge < -0.3 is 5.32 Å². The molecule has 0 aliphatic carbocycles. The largest absolute Gasteiger partial charge is 0.316 e. The van der Waals surface area contributed by atoms with E-state index in [1.807, 2.05) is 12.1 Å². The Morgan fingerprint density at radius 1 is 1.27 bits per heavy atom. The molecule has 0 aliphatic heterocycles. The van der Waals surface area contributed by atoms with Crippen molar-refractivity contribution in [2.45, 2.75) is 32.6 Å². The van der Waals surface area contributed by atoms with Gasteiger partial charge >= 0.3 is 0 Å². The maximum absolute atomic E-state index is 6.18. The molecule has 1 aromatic carbocycles. The fourth-order valence-corrected chi connectivity index (χ4v) is 2.02. The number of hydrogen-bond donors (Lipinski definition) is 1. The lowest BCUT2D eigenvalue weighted by molar-refractivity contribution is 0.567. The number of rotatable bonds is 6. The van der Waals surface area contributed by atoms with Crippen LogP contribution in [0.15, 0.2) is 24.3 Å². The Labute approximate surface area is 97.8 Å². The van der Waals surface area contributed by atoms with Crippen LogP contribution in [0.5, 0.6) is 0 Å². The van der Waals surface area contributed by atoms with Crippen molar-refractivity contribution >= 4 is 11.6 Å². The van der Waals surface area contributed by atoms with Crippen LogP contribution in [0.4, 0.5) is 0 Å². The minimum atomic E-state index is 0.533. The predicted octanol–water partition coefficient (Wildman–Crippen LogP) is 3.83. The zero-order valence-corrected chi connectivity index (χ0v) is 10.3. The summed E-state index contributed by atoms with van der Waals surface area (Å²) in [7, 11) is 0. The Morgan fingerprint density at radius 2 is 2.00 bits per heavy atom. The van der Waals surface area contributed by atoms with Gasteiger partial charge in [0.05, 0.1) is 0 Å². The molecule has 0 aromatic heterocycles. The quantitative estimate of drug-likeness (QED) is 0.726. The fraction of sp³-hybridized carbons (Fsp3) is 0.538. The molecule has 0 heterocycles. The zero-order chi connectivity index (χ0) is 11.1. The van der Waals surface area contributed by atoms with E-state index in [1.54, 1.807) is 0 Å². The third-order valence-electron chi connectivity index (χ3n) is 2.66. The van der Waals surface area contributed by atoms with Gasteiger partial charge in [0.1, 0.15) is 0 Å². The maximum atomic E-state index is 6.18. The smallest absolute Gasteiger partial charge is 0.0441 e. The highest BCUT2D eigenvalue weighted by atomic mass is 35.5. The highest BCUT2D eigenvalue weighted by molar-refractivity contribution is 6.31. The second-order valence-electron chi connectivity index (χ2n) is 3.83. The Kier molecular flexibility index (Phi) is 5.74. The van der Waals surface area contributed by atoms with E-state index in [0.717, 1.165) is 24.5 Å². The topological polar surface area (TPSA) is 12.0 Å². The molecule has 0 spiro atoms. The van der Waals surface area contributed by atoms with E-state index >= 15 is 0 Å². The molecule has 2 heteroatoms. The van der Waals surface area contributed by atoms with Crippen molar-refractivity contribution in [3.05, 3.63) is 34.9 Å². The van der Waals surface area contributed by atoms with Gasteiger partial charge in [-0.25, -0.2) is 0 Å². The SMILES string of the molecule is CCCNCC(CC)c1ccccc1Cl. The summed E-state index contributed by atoms with van der Waals surface area (Å²) >= 11 is 6.18. The van der Waals surface area contributed by atoms with Gasteiger partial charge in [0.2, 0.25) is 0 Å². The van der Waals surface area contributed by atoms with Gasteiger partial charge in [-0.3, -0.25) is 0 Å². The van der Waals surface area contributed by atoms with Crippen molar-refractivity contribution in [1.82, 2.24) is 5.32 Å². The van der Waals surface area contributed by atoms with Crippen LogP contribution < -0.4 is 5.32 Å². The van der Waals surface area contributed by atoms with E-state index in [2.05, 4.69) is 31.3 Å². The molecule has 0 saturated heterocycles. The summed E-state index contributed by atoms with van der Waals surface area (Å²) in [5, 5.41) is 4.34. The van der Waals surface area contributed by atoms with E-state index in [9.17, 15) is 0 Å². The highest BCUT2D eigenvalue weighted by Crippen LogP contribution is 2.26. The van der Waals surface area contributed by atoms with Crippen LogP contribution in [-0.4, -0.2) is 13.1 Å². The van der Waals surface area contributed by atoms with Crippen LogP contribution in [0, 0.1) is 0 Å². The Morgan fingerprint density at radius 3 is 2.60 bits per heavy atom. The molecule has 15 heavy (non-hydrogen) atoms. The molecule has 1 N–H and O–H groups in total. The van der Waals surface area contributed by atoms with Gasteiger partial charge in [-0.2, -0.15) is 0 Å². The summed E-state index contributed by atoms with van der Waals surface area (Å²) in [5.41, 5.74) is 1.27. The third kappa shape index (κ3) is 3.84. The molecule has 1 aromatic rings. The summed E-state index contributed by atoms with van der Waals surface area (Å²) in [6.07, 6.45) is 2.30. The van der Waals surface area contributed by atoms with Crippen LogP contribution in [0.2, 0.25) is 5.02 Å². The van der Waals surface area contributed by atoms with E-state index in [-0.39, 0.29) is 0 Å². The Hall–Kier alpha value is -0.530. The number of nitrogens with one attached hydrogen (secondary N) is 1. The molecule has 0 amide bonds. The van der Waals surface area contributed by atoms with Gasteiger partial charge in [0, 0.05) is 11.6 Å². The van der Waals surface area contributed by atoms with Crippen molar-refractivity contribution in [2.75, 3.05) is 13.1 Å². The van der Waals surface area contributed by atoms with Gasteiger partial charge in [-0.15, -0.1) is 0 Å². The summed E-state index contributed by atoms with van der Waals surface area (Å²) in [5.74, 6) is 0.533. The lowest BCUT2D eigenvalue weighted by Crippen LogP contribution is -2.22. The second kappa shape index (κ2) is 6.86. The molecule has 1 nitrogen and oxygen atoms in total. The van der Waals surface area contributed by atoms with E-state index in [4.69, 9.17) is 11.6 Å². The van der Waals surface area contributed by atoms with E-state index < -0.39 is 0 Å². The average Bonchev–Trinajstić information content (AvgIpc) is 2.26. The fourth-order valence-electron chi connectivity index (χ4n) is 1.73. The Balaban J connectivity index is 2.61. The van der Waals surface area contributed by atoms with Crippen molar-refractivity contribution in [1.29, 1.82) is 0 Å². The van der Waals surface area contributed by atoms with Crippen LogP contribution in [0.3, 0.4) is 0 Å². The molecule has 0 saturated carbocycles. The van der Waals surface area contributed by atoms with Gasteiger partial charge in [0.25, 0.3) is 0 Å². The first-order chi connectivity index (χ1) is 7.29. The predicted molar refractivity (Wildman–Crippen MR) is 67.6 cm³/mol. The first-order valence-corrected chi connectivity index (χ1v) is 6.12. The molecule has 1 atom stereocenters. The lowest BCUT2D eigenvalue weighted by Gasteiger charge is -2.17. The van der Waals surface area contributed by atoms with Crippen molar-refractivity contribution in [3.63, 3.8) is 0 Å².